The van der Waals surface area contributed by atoms with E-state index in [1.165, 1.54) is 6.07 Å². The molecule has 1 unspecified atom stereocenters. The minimum absolute atomic E-state index is 0.0612. The number of hydrogen-bond donors (Lipinski definition) is 2. The molecule has 1 aliphatic heterocycles. The summed E-state index contributed by atoms with van der Waals surface area (Å²) in [6.07, 6.45) is 2.45. The first-order valence-electron chi connectivity index (χ1n) is 5.27. The maximum atomic E-state index is 10.5. The minimum atomic E-state index is -1.07. The summed E-state index contributed by atoms with van der Waals surface area (Å²) in [7, 11) is 0. The van der Waals surface area contributed by atoms with E-state index in [1.807, 2.05) is 0 Å². The lowest BCUT2D eigenvalue weighted by molar-refractivity contribution is 0.0685. The fraction of sp³-hybridized carbons (Fsp3) is 0.600. The van der Waals surface area contributed by atoms with E-state index in [0.29, 0.717) is 12.3 Å². The summed E-state index contributed by atoms with van der Waals surface area (Å²) in [5, 5.41) is 15.2. The van der Waals surface area contributed by atoms with Crippen molar-refractivity contribution >= 4 is 5.97 Å². The maximum Gasteiger partial charge on any atom is 0.358 e. The van der Waals surface area contributed by atoms with Gasteiger partial charge in [-0.25, -0.2) is 4.79 Å². The Bertz CT molecular complexity index is 357. The molecule has 0 spiro atoms. The van der Waals surface area contributed by atoms with Crippen LogP contribution in [0.15, 0.2) is 10.6 Å². The lowest BCUT2D eigenvalue weighted by atomic mass is 10.2. The van der Waals surface area contributed by atoms with Crippen LogP contribution < -0.4 is 5.32 Å². The number of nitrogens with one attached hydrogen (secondary N) is 1. The van der Waals surface area contributed by atoms with Crippen LogP contribution in [-0.4, -0.2) is 35.5 Å². The largest absolute Gasteiger partial charge is 0.476 e. The molecule has 2 N–H and O–H groups in total. The third kappa shape index (κ3) is 2.80. The van der Waals surface area contributed by atoms with Gasteiger partial charge in [-0.3, -0.25) is 0 Å². The van der Waals surface area contributed by atoms with Crippen molar-refractivity contribution in [2.24, 2.45) is 0 Å². The normalized spacial score (nSPS) is 20.1. The number of hydrogen-bond acceptors (Lipinski definition) is 5. The van der Waals surface area contributed by atoms with Crippen LogP contribution in [0, 0.1) is 0 Å². The lowest BCUT2D eigenvalue weighted by Crippen LogP contribution is -2.25. The highest BCUT2D eigenvalue weighted by Gasteiger charge is 2.15. The molecule has 0 bridgehead atoms. The second-order valence-corrected chi connectivity index (χ2v) is 3.75. The van der Waals surface area contributed by atoms with Crippen LogP contribution in [-0.2, 0) is 11.3 Å². The van der Waals surface area contributed by atoms with Crippen LogP contribution in [0.2, 0.25) is 0 Å². The monoisotopic (exact) mass is 226 g/mol. The molecule has 0 aromatic carbocycles. The number of nitrogens with zero attached hydrogens (tertiary/aromatic N) is 1. The molecule has 1 saturated heterocycles. The molecule has 0 aliphatic carbocycles. The van der Waals surface area contributed by atoms with Gasteiger partial charge in [0.25, 0.3) is 0 Å². The number of aromatic carboxylic acids is 1. The topological polar surface area (TPSA) is 84.6 Å². The van der Waals surface area contributed by atoms with E-state index in [4.69, 9.17) is 14.4 Å². The third-order valence-corrected chi connectivity index (χ3v) is 2.47. The summed E-state index contributed by atoms with van der Waals surface area (Å²) < 4.78 is 10.3. The first kappa shape index (κ1) is 11.1. The van der Waals surface area contributed by atoms with Gasteiger partial charge in [0.15, 0.2) is 11.5 Å². The summed E-state index contributed by atoms with van der Waals surface area (Å²) in [5.41, 5.74) is -0.0612. The number of aromatic nitrogens is 1. The van der Waals surface area contributed by atoms with Crippen LogP contribution >= 0.6 is 0 Å². The van der Waals surface area contributed by atoms with Crippen LogP contribution in [0.3, 0.4) is 0 Å². The summed E-state index contributed by atoms with van der Waals surface area (Å²) in [5.74, 6) is -0.551. The molecule has 0 radical (unpaired) electrons. The number of ether oxygens (including phenoxy) is 1. The third-order valence-electron chi connectivity index (χ3n) is 2.47. The lowest BCUT2D eigenvalue weighted by Gasteiger charge is -2.08. The molecule has 1 fully saturated rings. The second kappa shape index (κ2) is 5.09. The first-order chi connectivity index (χ1) is 7.75. The average Bonchev–Trinajstić information content (AvgIpc) is 2.87. The Morgan fingerprint density at radius 3 is 3.19 bits per heavy atom. The van der Waals surface area contributed by atoms with Crippen LogP contribution in [0.25, 0.3) is 0 Å². The minimum Gasteiger partial charge on any atom is -0.476 e. The van der Waals surface area contributed by atoms with E-state index < -0.39 is 5.97 Å². The predicted molar refractivity (Wildman–Crippen MR) is 54.1 cm³/mol. The highest BCUT2D eigenvalue weighted by molar-refractivity contribution is 5.85. The Kier molecular flexibility index (Phi) is 3.53. The van der Waals surface area contributed by atoms with Gasteiger partial charge in [-0.2, -0.15) is 0 Å². The molecule has 2 heterocycles. The molecule has 6 nitrogen and oxygen atoms in total. The molecule has 0 amide bonds. The van der Waals surface area contributed by atoms with Gasteiger partial charge in [0.05, 0.1) is 12.6 Å². The predicted octanol–water partition coefficient (Wildman–Crippen LogP) is 0.641. The summed E-state index contributed by atoms with van der Waals surface area (Å²) in [4.78, 5) is 10.5. The van der Waals surface area contributed by atoms with Gasteiger partial charge >= 0.3 is 5.97 Å². The van der Waals surface area contributed by atoms with E-state index in [2.05, 4.69) is 10.5 Å². The molecule has 16 heavy (non-hydrogen) atoms. The van der Waals surface area contributed by atoms with Crippen molar-refractivity contribution in [2.75, 3.05) is 13.2 Å². The van der Waals surface area contributed by atoms with E-state index in [9.17, 15) is 4.79 Å². The molecular weight excluding hydrogens is 212 g/mol. The van der Waals surface area contributed by atoms with E-state index in [0.717, 1.165) is 26.0 Å². The highest BCUT2D eigenvalue weighted by Crippen LogP contribution is 2.11. The Morgan fingerprint density at radius 2 is 2.56 bits per heavy atom. The summed E-state index contributed by atoms with van der Waals surface area (Å²) in [6, 6.07) is 1.42. The van der Waals surface area contributed by atoms with Crippen molar-refractivity contribution < 1.29 is 19.2 Å². The molecule has 2 rings (SSSR count). The van der Waals surface area contributed by atoms with Gasteiger partial charge in [0, 0.05) is 19.2 Å². The quantitative estimate of drug-likeness (QED) is 0.766. The number of carbonyl (C=O) groups is 1. The zero-order valence-electron chi connectivity index (χ0n) is 8.81. The van der Waals surface area contributed by atoms with Gasteiger partial charge in [-0.05, 0) is 12.8 Å². The Labute approximate surface area is 92.6 Å². The molecule has 0 saturated carbocycles. The van der Waals surface area contributed by atoms with Crippen LogP contribution in [0.5, 0.6) is 0 Å². The van der Waals surface area contributed by atoms with E-state index >= 15 is 0 Å². The van der Waals surface area contributed by atoms with Crippen molar-refractivity contribution in [3.63, 3.8) is 0 Å². The van der Waals surface area contributed by atoms with Crippen LogP contribution in [0.1, 0.15) is 29.1 Å². The average molecular weight is 226 g/mol. The molecule has 88 valence electrons. The van der Waals surface area contributed by atoms with E-state index in [-0.39, 0.29) is 11.8 Å². The van der Waals surface area contributed by atoms with Crippen LogP contribution in [0.4, 0.5) is 0 Å². The smallest absolute Gasteiger partial charge is 0.358 e. The zero-order chi connectivity index (χ0) is 11.4. The first-order valence-corrected chi connectivity index (χ1v) is 5.27. The van der Waals surface area contributed by atoms with Crippen molar-refractivity contribution in [3.05, 3.63) is 17.5 Å². The zero-order valence-corrected chi connectivity index (χ0v) is 8.81. The van der Waals surface area contributed by atoms with Gasteiger partial charge in [0.2, 0.25) is 0 Å². The van der Waals surface area contributed by atoms with Crippen molar-refractivity contribution in [2.45, 2.75) is 25.5 Å². The van der Waals surface area contributed by atoms with Crippen molar-refractivity contribution in [1.82, 2.24) is 10.5 Å². The standard InChI is InChI=1S/C10H14N2O4/c13-10(14)9-4-8(16-12-9)6-11-5-7-2-1-3-15-7/h4,7,11H,1-3,5-6H2,(H,13,14). The molecule has 6 heteroatoms. The van der Waals surface area contributed by atoms with Crippen molar-refractivity contribution in [3.8, 4) is 0 Å². The summed E-state index contributed by atoms with van der Waals surface area (Å²) in [6.45, 7) is 2.06. The molecule has 1 atom stereocenters. The van der Waals surface area contributed by atoms with Gasteiger partial charge in [-0.1, -0.05) is 5.16 Å². The van der Waals surface area contributed by atoms with Gasteiger partial charge in [0.1, 0.15) is 0 Å². The van der Waals surface area contributed by atoms with Gasteiger partial charge in [-0.15, -0.1) is 0 Å². The maximum absolute atomic E-state index is 10.5. The number of carboxylic acid groups (broad SMARTS) is 1. The van der Waals surface area contributed by atoms with Gasteiger partial charge < -0.3 is 19.7 Å². The summed E-state index contributed by atoms with van der Waals surface area (Å²) >= 11 is 0. The Hall–Kier alpha value is -1.40. The molecule has 1 aliphatic rings. The second-order valence-electron chi connectivity index (χ2n) is 3.75. The van der Waals surface area contributed by atoms with E-state index in [1.54, 1.807) is 0 Å². The van der Waals surface area contributed by atoms with Crippen molar-refractivity contribution in [1.29, 1.82) is 0 Å². The fourth-order valence-corrected chi connectivity index (χ4v) is 1.66. The highest BCUT2D eigenvalue weighted by atomic mass is 16.5. The fourth-order valence-electron chi connectivity index (χ4n) is 1.66. The number of rotatable bonds is 5. The molecule has 1 aromatic rings. The Balaban J connectivity index is 1.74. The Morgan fingerprint density at radius 1 is 1.69 bits per heavy atom. The molecule has 1 aromatic heterocycles. The molecular formula is C10H14N2O4. The number of carboxylic acids is 1. The SMILES string of the molecule is O=C(O)c1cc(CNCC2CCCO2)on1.